The van der Waals surface area contributed by atoms with E-state index in [1.165, 1.54) is 6.07 Å². The predicted molar refractivity (Wildman–Crippen MR) is 102 cm³/mol. The van der Waals surface area contributed by atoms with Crippen molar-refractivity contribution >= 4 is 49.7 Å². The van der Waals surface area contributed by atoms with E-state index in [2.05, 4.69) is 42.4 Å². The van der Waals surface area contributed by atoms with Crippen LogP contribution in [-0.4, -0.2) is 23.4 Å². The number of nitrogens with zero attached hydrogens (tertiary/aromatic N) is 1. The second kappa shape index (κ2) is 8.30. The molecule has 2 aromatic carbocycles. The molecule has 0 bridgehead atoms. The fourth-order valence-corrected chi connectivity index (χ4v) is 3.35. The van der Waals surface area contributed by atoms with Crippen molar-refractivity contribution in [3.8, 4) is 5.75 Å². The highest BCUT2D eigenvalue weighted by Gasteiger charge is 2.10. The Labute approximate surface area is 157 Å². The van der Waals surface area contributed by atoms with E-state index in [4.69, 9.17) is 9.84 Å². The molecule has 24 heavy (non-hydrogen) atoms. The first-order valence-corrected chi connectivity index (χ1v) is 8.74. The first-order valence-electron chi connectivity index (χ1n) is 7.15. The number of benzene rings is 2. The average molecular weight is 456 g/mol. The summed E-state index contributed by atoms with van der Waals surface area (Å²) >= 11 is 6.96. The number of carbonyl (C=O) groups is 1. The molecule has 0 aromatic heterocycles. The van der Waals surface area contributed by atoms with Crippen LogP contribution in [0.15, 0.2) is 50.4 Å². The van der Waals surface area contributed by atoms with Crippen molar-refractivity contribution in [3.63, 3.8) is 0 Å². The minimum atomic E-state index is -1.01. The Morgan fingerprint density at radius 2 is 1.88 bits per heavy atom. The summed E-state index contributed by atoms with van der Waals surface area (Å²) in [5.74, 6) is -0.277. The molecule has 0 aliphatic carbocycles. The lowest BCUT2D eigenvalue weighted by atomic mass is 10.2. The minimum absolute atomic E-state index is 0.0614. The SMILES string of the molecule is CC(C)Oc1c(Br)cc(C=NNc2ccccc2C(=O)O)cc1Br. The number of hydrogen-bond acceptors (Lipinski definition) is 4. The molecule has 7 heteroatoms. The number of aromatic carboxylic acids is 1. The van der Waals surface area contributed by atoms with E-state index in [-0.39, 0.29) is 11.7 Å². The number of carboxylic acid groups (broad SMARTS) is 1. The second-order valence-electron chi connectivity index (χ2n) is 5.20. The normalized spacial score (nSPS) is 11.0. The Kier molecular flexibility index (Phi) is 6.39. The summed E-state index contributed by atoms with van der Waals surface area (Å²) in [5.41, 5.74) is 4.17. The number of nitrogens with one attached hydrogen (secondary N) is 1. The van der Waals surface area contributed by atoms with E-state index >= 15 is 0 Å². The summed E-state index contributed by atoms with van der Waals surface area (Å²) in [6, 6.07) is 10.3. The van der Waals surface area contributed by atoms with Crippen molar-refractivity contribution in [1.29, 1.82) is 0 Å². The van der Waals surface area contributed by atoms with E-state index in [9.17, 15) is 4.79 Å². The van der Waals surface area contributed by atoms with Gasteiger partial charge in [0.2, 0.25) is 0 Å². The molecule has 0 aliphatic heterocycles. The van der Waals surface area contributed by atoms with Gasteiger partial charge in [-0.1, -0.05) is 12.1 Å². The van der Waals surface area contributed by atoms with E-state index < -0.39 is 5.97 Å². The second-order valence-corrected chi connectivity index (χ2v) is 6.91. The molecular formula is C17H16Br2N2O3. The van der Waals surface area contributed by atoms with Crippen molar-refractivity contribution in [2.24, 2.45) is 5.10 Å². The summed E-state index contributed by atoms with van der Waals surface area (Å²) in [5, 5.41) is 13.2. The molecule has 2 rings (SSSR count). The fourth-order valence-electron chi connectivity index (χ4n) is 1.95. The van der Waals surface area contributed by atoms with E-state index in [0.717, 1.165) is 20.3 Å². The molecule has 126 valence electrons. The van der Waals surface area contributed by atoms with Crippen LogP contribution in [-0.2, 0) is 0 Å². The lowest BCUT2D eigenvalue weighted by Crippen LogP contribution is -2.07. The van der Waals surface area contributed by atoms with E-state index in [0.29, 0.717) is 5.69 Å². The van der Waals surface area contributed by atoms with Crippen LogP contribution in [0.2, 0.25) is 0 Å². The highest BCUT2D eigenvalue weighted by atomic mass is 79.9. The molecule has 0 atom stereocenters. The number of anilines is 1. The molecule has 0 saturated heterocycles. The van der Waals surface area contributed by atoms with Gasteiger partial charge in [-0.2, -0.15) is 5.10 Å². The lowest BCUT2D eigenvalue weighted by Gasteiger charge is -2.14. The Balaban J connectivity index is 2.17. The van der Waals surface area contributed by atoms with E-state index in [1.807, 2.05) is 26.0 Å². The fraction of sp³-hybridized carbons (Fsp3) is 0.176. The third-order valence-corrected chi connectivity index (χ3v) is 4.11. The van der Waals surface area contributed by atoms with Crippen molar-refractivity contribution in [1.82, 2.24) is 0 Å². The number of ether oxygens (including phenoxy) is 1. The number of hydrogen-bond donors (Lipinski definition) is 2. The standard InChI is InChI=1S/C17H16Br2N2O3/c1-10(2)24-16-13(18)7-11(8-14(16)19)9-20-21-15-6-4-3-5-12(15)17(22)23/h3-10,21H,1-2H3,(H,22,23). The maximum atomic E-state index is 11.2. The minimum Gasteiger partial charge on any atom is -0.489 e. The maximum Gasteiger partial charge on any atom is 0.337 e. The summed E-state index contributed by atoms with van der Waals surface area (Å²) in [7, 11) is 0. The van der Waals surface area contributed by atoms with Crippen LogP contribution >= 0.6 is 31.9 Å². The van der Waals surface area contributed by atoms with Crippen LogP contribution in [0.5, 0.6) is 5.75 Å². The maximum absolute atomic E-state index is 11.2. The third kappa shape index (κ3) is 4.82. The average Bonchev–Trinajstić information content (AvgIpc) is 2.51. The number of carboxylic acids is 1. The zero-order valence-corrected chi connectivity index (χ0v) is 16.3. The molecule has 0 spiro atoms. The van der Waals surface area contributed by atoms with Gasteiger partial charge in [-0.25, -0.2) is 4.79 Å². The molecule has 0 unspecified atom stereocenters. The monoisotopic (exact) mass is 454 g/mol. The zero-order chi connectivity index (χ0) is 17.7. The van der Waals surface area contributed by atoms with Gasteiger partial charge < -0.3 is 9.84 Å². The third-order valence-electron chi connectivity index (χ3n) is 2.93. The first kappa shape index (κ1) is 18.5. The Hall–Kier alpha value is -1.86. The molecule has 2 N–H and O–H groups in total. The van der Waals surface area contributed by atoms with Gasteiger partial charge in [0.1, 0.15) is 5.75 Å². The van der Waals surface area contributed by atoms with Gasteiger partial charge >= 0.3 is 5.97 Å². The summed E-state index contributed by atoms with van der Waals surface area (Å²) in [6.45, 7) is 3.91. The van der Waals surface area contributed by atoms with Gasteiger partial charge in [0.05, 0.1) is 32.5 Å². The number of para-hydroxylation sites is 1. The van der Waals surface area contributed by atoms with Gasteiger partial charge in [-0.05, 0) is 75.5 Å². The summed E-state index contributed by atoms with van der Waals surface area (Å²) in [4.78, 5) is 11.2. The van der Waals surface area contributed by atoms with Crippen LogP contribution in [0.3, 0.4) is 0 Å². The number of rotatable bonds is 6. The predicted octanol–water partition coefficient (Wildman–Crippen LogP) is 5.14. The smallest absolute Gasteiger partial charge is 0.337 e. The molecule has 0 fully saturated rings. The Bertz CT molecular complexity index is 753. The molecule has 5 nitrogen and oxygen atoms in total. The molecule has 2 aromatic rings. The first-order chi connectivity index (χ1) is 11.4. The van der Waals surface area contributed by atoms with Crippen molar-refractivity contribution in [2.75, 3.05) is 5.43 Å². The van der Waals surface area contributed by atoms with Crippen LogP contribution in [0.25, 0.3) is 0 Å². The van der Waals surface area contributed by atoms with Crippen LogP contribution in [0.1, 0.15) is 29.8 Å². The molecule has 0 heterocycles. The van der Waals surface area contributed by atoms with Crippen LogP contribution in [0, 0.1) is 0 Å². The Morgan fingerprint density at radius 1 is 1.25 bits per heavy atom. The molecular weight excluding hydrogens is 440 g/mol. The molecule has 0 radical (unpaired) electrons. The van der Waals surface area contributed by atoms with Gasteiger partial charge in [0.15, 0.2) is 0 Å². The zero-order valence-electron chi connectivity index (χ0n) is 13.1. The van der Waals surface area contributed by atoms with Crippen molar-refractivity contribution in [2.45, 2.75) is 20.0 Å². The van der Waals surface area contributed by atoms with Gasteiger partial charge in [-0.3, -0.25) is 5.43 Å². The molecule has 0 saturated carbocycles. The summed E-state index contributed by atoms with van der Waals surface area (Å²) < 4.78 is 7.33. The topological polar surface area (TPSA) is 70.9 Å². The van der Waals surface area contributed by atoms with Gasteiger partial charge in [-0.15, -0.1) is 0 Å². The quantitative estimate of drug-likeness (QED) is 0.467. The largest absolute Gasteiger partial charge is 0.489 e. The lowest BCUT2D eigenvalue weighted by molar-refractivity contribution is 0.0698. The summed E-state index contributed by atoms with van der Waals surface area (Å²) in [6.07, 6.45) is 1.67. The van der Waals surface area contributed by atoms with E-state index in [1.54, 1.807) is 24.4 Å². The highest BCUT2D eigenvalue weighted by Crippen LogP contribution is 2.35. The van der Waals surface area contributed by atoms with Crippen LogP contribution < -0.4 is 10.2 Å². The highest BCUT2D eigenvalue weighted by molar-refractivity contribution is 9.11. The molecule has 0 aliphatic rings. The van der Waals surface area contributed by atoms with Gasteiger partial charge in [0.25, 0.3) is 0 Å². The number of halogens is 2. The van der Waals surface area contributed by atoms with Crippen molar-refractivity contribution in [3.05, 3.63) is 56.5 Å². The number of hydrazone groups is 1. The molecule has 0 amide bonds. The van der Waals surface area contributed by atoms with Crippen molar-refractivity contribution < 1.29 is 14.6 Å². The Morgan fingerprint density at radius 3 is 2.46 bits per heavy atom. The van der Waals surface area contributed by atoms with Crippen LogP contribution in [0.4, 0.5) is 5.69 Å². The van der Waals surface area contributed by atoms with Gasteiger partial charge in [0, 0.05) is 0 Å².